The lowest BCUT2D eigenvalue weighted by Gasteiger charge is -2.36. The van der Waals surface area contributed by atoms with Crippen LogP contribution in [0.1, 0.15) is 32.8 Å². The summed E-state index contributed by atoms with van der Waals surface area (Å²) < 4.78 is 5.28. The molecule has 5 heteroatoms. The lowest BCUT2D eigenvalue weighted by molar-refractivity contribution is 0.0292. The van der Waals surface area contributed by atoms with E-state index in [0.717, 1.165) is 6.54 Å². The number of β-amino-alcohol motifs (C(OH)–C–C–N with tert-alkyl or cyclic N) is 1. The number of rotatable bonds is 3. The van der Waals surface area contributed by atoms with E-state index in [4.69, 9.17) is 4.74 Å². The Morgan fingerprint density at radius 2 is 2.00 bits per heavy atom. The minimum atomic E-state index is -0.513. The lowest BCUT2D eigenvalue weighted by atomic mass is 10.0. The van der Waals surface area contributed by atoms with Crippen molar-refractivity contribution in [2.24, 2.45) is 0 Å². The van der Waals surface area contributed by atoms with Gasteiger partial charge in [-0.15, -0.1) is 0 Å². The van der Waals surface area contributed by atoms with Gasteiger partial charge in [0.2, 0.25) is 0 Å². The third kappa shape index (κ3) is 5.66. The van der Waals surface area contributed by atoms with Crippen molar-refractivity contribution in [1.29, 1.82) is 0 Å². The molecule has 22 heavy (non-hydrogen) atoms. The van der Waals surface area contributed by atoms with Crippen molar-refractivity contribution in [1.82, 2.24) is 10.2 Å². The molecule has 0 aliphatic carbocycles. The molecule has 0 radical (unpaired) electrons. The molecule has 0 saturated carbocycles. The summed E-state index contributed by atoms with van der Waals surface area (Å²) in [6.07, 6.45) is -0.298. The summed E-state index contributed by atoms with van der Waals surface area (Å²) in [6.45, 7) is 7.62. The first-order valence-corrected chi connectivity index (χ1v) is 7.76. The quantitative estimate of drug-likeness (QED) is 0.898. The number of piperidine rings is 1. The molecule has 0 bridgehead atoms. The largest absolute Gasteiger partial charge is 0.444 e. The predicted molar refractivity (Wildman–Crippen MR) is 85.5 cm³/mol. The van der Waals surface area contributed by atoms with Crippen LogP contribution in [-0.4, -0.2) is 46.9 Å². The first-order valence-electron chi connectivity index (χ1n) is 7.76. The Morgan fingerprint density at radius 1 is 1.32 bits per heavy atom. The topological polar surface area (TPSA) is 61.8 Å². The summed E-state index contributed by atoms with van der Waals surface area (Å²) in [5.74, 6) is 0. The smallest absolute Gasteiger partial charge is 0.407 e. The summed E-state index contributed by atoms with van der Waals surface area (Å²) in [6, 6.07) is 10.0. The van der Waals surface area contributed by atoms with Crippen LogP contribution in [0.3, 0.4) is 0 Å². The van der Waals surface area contributed by atoms with Gasteiger partial charge in [0, 0.05) is 25.7 Å². The number of carbonyl (C=O) groups excluding carboxylic acids is 1. The van der Waals surface area contributed by atoms with Crippen LogP contribution in [0, 0.1) is 0 Å². The number of carbonyl (C=O) groups is 1. The zero-order chi connectivity index (χ0) is 16.2. The molecule has 122 valence electrons. The Morgan fingerprint density at radius 3 is 2.64 bits per heavy atom. The van der Waals surface area contributed by atoms with Crippen LogP contribution >= 0.6 is 0 Å². The van der Waals surface area contributed by atoms with E-state index in [2.05, 4.69) is 22.3 Å². The number of nitrogens with zero attached hydrogens (tertiary/aromatic N) is 1. The number of benzene rings is 1. The summed E-state index contributed by atoms with van der Waals surface area (Å²) in [7, 11) is 0. The SMILES string of the molecule is CC(C)(C)OC(=O)NC1CC(O)CN(Cc2ccccc2)C1. The Labute approximate surface area is 132 Å². The Hall–Kier alpha value is -1.59. The van der Waals surface area contributed by atoms with Gasteiger partial charge in [0.25, 0.3) is 0 Å². The van der Waals surface area contributed by atoms with Crippen LogP contribution in [0.15, 0.2) is 30.3 Å². The van der Waals surface area contributed by atoms with Gasteiger partial charge in [-0.25, -0.2) is 4.79 Å². The number of likely N-dealkylation sites (tertiary alicyclic amines) is 1. The second-order valence-electron chi connectivity index (χ2n) is 6.91. The van der Waals surface area contributed by atoms with E-state index in [9.17, 15) is 9.90 Å². The summed E-state index contributed by atoms with van der Waals surface area (Å²) >= 11 is 0. The predicted octanol–water partition coefficient (Wildman–Crippen LogP) is 2.15. The first-order chi connectivity index (χ1) is 10.3. The maximum absolute atomic E-state index is 11.9. The van der Waals surface area contributed by atoms with Crippen LogP contribution in [-0.2, 0) is 11.3 Å². The van der Waals surface area contributed by atoms with Crippen LogP contribution in [0.5, 0.6) is 0 Å². The molecule has 0 spiro atoms. The highest BCUT2D eigenvalue weighted by atomic mass is 16.6. The molecule has 5 nitrogen and oxygen atoms in total. The molecular formula is C17H26N2O3. The molecule has 2 N–H and O–H groups in total. The molecule has 1 heterocycles. The van der Waals surface area contributed by atoms with Gasteiger partial charge in [-0.05, 0) is 32.8 Å². The maximum Gasteiger partial charge on any atom is 0.407 e. The maximum atomic E-state index is 11.9. The van der Waals surface area contributed by atoms with Gasteiger partial charge in [0.1, 0.15) is 5.60 Å². The van der Waals surface area contributed by atoms with E-state index in [1.165, 1.54) is 5.56 Å². The van der Waals surface area contributed by atoms with Crippen molar-refractivity contribution >= 4 is 6.09 Å². The number of hydrogen-bond donors (Lipinski definition) is 2. The van der Waals surface area contributed by atoms with Crippen LogP contribution in [0.25, 0.3) is 0 Å². The highest BCUT2D eigenvalue weighted by Gasteiger charge is 2.28. The molecule has 1 aromatic rings. The number of amides is 1. The molecule has 1 aromatic carbocycles. The van der Waals surface area contributed by atoms with Crippen molar-refractivity contribution in [2.45, 2.75) is 51.5 Å². The Kier molecular flexibility index (Phi) is 5.42. The van der Waals surface area contributed by atoms with Crippen LogP contribution in [0.4, 0.5) is 4.79 Å². The first kappa shape index (κ1) is 16.8. The van der Waals surface area contributed by atoms with E-state index in [0.29, 0.717) is 19.5 Å². The number of aliphatic hydroxyl groups is 1. The monoisotopic (exact) mass is 306 g/mol. The molecule has 1 fully saturated rings. The second kappa shape index (κ2) is 7.11. The van der Waals surface area contributed by atoms with E-state index < -0.39 is 17.8 Å². The van der Waals surface area contributed by atoms with E-state index in [-0.39, 0.29) is 6.04 Å². The van der Waals surface area contributed by atoms with Crippen molar-refractivity contribution in [3.8, 4) is 0 Å². The lowest BCUT2D eigenvalue weighted by Crippen LogP contribution is -2.52. The Bertz CT molecular complexity index is 484. The average Bonchev–Trinajstić information content (AvgIpc) is 2.36. The second-order valence-corrected chi connectivity index (χ2v) is 6.91. The highest BCUT2D eigenvalue weighted by Crippen LogP contribution is 2.15. The van der Waals surface area contributed by atoms with Crippen LogP contribution in [0.2, 0.25) is 0 Å². The fourth-order valence-corrected chi connectivity index (χ4v) is 2.71. The molecule has 1 aliphatic rings. The number of alkyl carbamates (subject to hydrolysis) is 1. The fraction of sp³-hybridized carbons (Fsp3) is 0.588. The van der Waals surface area contributed by atoms with Crippen molar-refractivity contribution in [3.05, 3.63) is 35.9 Å². The molecule has 1 saturated heterocycles. The average molecular weight is 306 g/mol. The molecule has 2 rings (SSSR count). The van der Waals surface area contributed by atoms with Crippen LogP contribution < -0.4 is 5.32 Å². The van der Waals surface area contributed by atoms with Gasteiger partial charge in [-0.2, -0.15) is 0 Å². The normalized spacial score (nSPS) is 23.1. The van der Waals surface area contributed by atoms with Gasteiger partial charge in [-0.1, -0.05) is 30.3 Å². The van der Waals surface area contributed by atoms with Gasteiger partial charge >= 0.3 is 6.09 Å². The van der Waals surface area contributed by atoms with Crippen molar-refractivity contribution < 1.29 is 14.6 Å². The third-order valence-electron chi connectivity index (χ3n) is 3.47. The van der Waals surface area contributed by atoms with E-state index >= 15 is 0 Å². The van der Waals surface area contributed by atoms with E-state index in [1.807, 2.05) is 39.0 Å². The molecule has 1 aliphatic heterocycles. The van der Waals surface area contributed by atoms with Gasteiger partial charge in [-0.3, -0.25) is 4.90 Å². The van der Waals surface area contributed by atoms with Crippen molar-refractivity contribution in [3.63, 3.8) is 0 Å². The number of nitrogens with one attached hydrogen (secondary N) is 1. The molecule has 1 amide bonds. The number of ether oxygens (including phenoxy) is 1. The number of hydrogen-bond acceptors (Lipinski definition) is 4. The van der Waals surface area contributed by atoms with Gasteiger partial charge in [0.05, 0.1) is 6.10 Å². The van der Waals surface area contributed by atoms with Gasteiger partial charge in [0.15, 0.2) is 0 Å². The molecular weight excluding hydrogens is 280 g/mol. The van der Waals surface area contributed by atoms with E-state index in [1.54, 1.807) is 0 Å². The molecule has 0 aromatic heterocycles. The zero-order valence-corrected chi connectivity index (χ0v) is 13.6. The van der Waals surface area contributed by atoms with Gasteiger partial charge < -0.3 is 15.2 Å². The minimum absolute atomic E-state index is 0.0951. The van der Waals surface area contributed by atoms with Crippen molar-refractivity contribution in [2.75, 3.05) is 13.1 Å². The summed E-state index contributed by atoms with van der Waals surface area (Å²) in [4.78, 5) is 14.0. The minimum Gasteiger partial charge on any atom is -0.444 e. The summed E-state index contributed by atoms with van der Waals surface area (Å²) in [5, 5.41) is 12.9. The molecule has 2 unspecified atom stereocenters. The molecule has 2 atom stereocenters. The fourth-order valence-electron chi connectivity index (χ4n) is 2.71. The third-order valence-corrected chi connectivity index (χ3v) is 3.47. The summed E-state index contributed by atoms with van der Waals surface area (Å²) in [5.41, 5.74) is 0.689. The Balaban J connectivity index is 1.89. The zero-order valence-electron chi connectivity index (χ0n) is 13.6. The highest BCUT2D eigenvalue weighted by molar-refractivity contribution is 5.68. The standard InChI is InChI=1S/C17H26N2O3/c1-17(2,3)22-16(21)18-14-9-15(20)12-19(11-14)10-13-7-5-4-6-8-13/h4-8,14-15,20H,9-12H2,1-3H3,(H,18,21). The number of aliphatic hydroxyl groups excluding tert-OH is 1.